The number of rotatable bonds is 3. The van der Waals surface area contributed by atoms with E-state index in [1.54, 1.807) is 0 Å². The van der Waals surface area contributed by atoms with Gasteiger partial charge in [-0.2, -0.15) is 0 Å². The summed E-state index contributed by atoms with van der Waals surface area (Å²) in [5.74, 6) is 0.277. The van der Waals surface area contributed by atoms with Crippen LogP contribution in [0.25, 0.3) is 10.9 Å². The Morgan fingerprint density at radius 2 is 2.00 bits per heavy atom. The molecule has 0 atom stereocenters. The lowest BCUT2D eigenvalue weighted by molar-refractivity contribution is -0.384. The summed E-state index contributed by atoms with van der Waals surface area (Å²) in [7, 11) is 0. The fourth-order valence-corrected chi connectivity index (χ4v) is 3.90. The van der Waals surface area contributed by atoms with Gasteiger partial charge in [0.15, 0.2) is 5.82 Å². The largest absolute Gasteiger partial charge is 0.366 e. The van der Waals surface area contributed by atoms with Gasteiger partial charge in [0.2, 0.25) is 0 Å². The highest BCUT2D eigenvalue weighted by Gasteiger charge is 2.25. The Balaban J connectivity index is 1.87. The van der Waals surface area contributed by atoms with Crippen LogP contribution in [0.2, 0.25) is 5.15 Å². The molecular weight excluding hydrogens is 380 g/mol. The summed E-state index contributed by atoms with van der Waals surface area (Å²) in [6.07, 6.45) is 0.930. The molecule has 144 valence electrons. The van der Waals surface area contributed by atoms with Crippen LogP contribution in [0.4, 0.5) is 11.5 Å². The predicted octanol–water partition coefficient (Wildman–Crippen LogP) is 3.98. The summed E-state index contributed by atoms with van der Waals surface area (Å²) in [5.41, 5.74) is 3.60. The molecule has 8 heteroatoms. The first kappa shape index (κ1) is 18.4. The van der Waals surface area contributed by atoms with Crippen LogP contribution in [-0.2, 0) is 13.0 Å². The molecule has 1 aliphatic heterocycles. The summed E-state index contributed by atoms with van der Waals surface area (Å²) in [6, 6.07) is 7.30. The fraction of sp³-hybridized carbons (Fsp3) is 0.300. The normalized spacial score (nSPS) is 13.2. The first-order valence-corrected chi connectivity index (χ1v) is 9.45. The zero-order valence-corrected chi connectivity index (χ0v) is 16.3. The molecule has 0 spiro atoms. The number of fused-ring (bicyclic) bond motifs is 2. The van der Waals surface area contributed by atoms with Crippen molar-refractivity contribution in [3.63, 3.8) is 0 Å². The summed E-state index contributed by atoms with van der Waals surface area (Å²) in [4.78, 5) is 28.5. The highest BCUT2D eigenvalue weighted by Crippen LogP contribution is 2.30. The molecule has 0 bridgehead atoms. The van der Waals surface area contributed by atoms with Gasteiger partial charge in [-0.25, -0.2) is 4.98 Å². The Bertz CT molecular complexity index is 1190. The summed E-state index contributed by atoms with van der Waals surface area (Å²) in [6.45, 7) is 5.03. The molecule has 3 heterocycles. The topological polar surface area (TPSA) is 90.1 Å². The van der Waals surface area contributed by atoms with Crippen LogP contribution < -0.4 is 10.9 Å². The molecule has 7 nitrogen and oxygen atoms in total. The maximum atomic E-state index is 12.9. The van der Waals surface area contributed by atoms with Gasteiger partial charge in [-0.15, -0.1) is 0 Å². The smallest absolute Gasteiger partial charge is 0.310 e. The Morgan fingerprint density at radius 1 is 1.25 bits per heavy atom. The number of nitro groups is 1. The standard InChI is InChI=1S/C20H19ClN4O3/c1-11-4-5-12(2)17-15(11)9-13(18(21)23-17)8-14-10-16(25(27)28)19-22-6-3-7-24(19)20(14)26/h4-5,9-10,22H,3,6-8H2,1-2H3. The maximum absolute atomic E-state index is 12.9. The number of aryl methyl sites for hydroxylation is 2. The third kappa shape index (κ3) is 3.01. The minimum absolute atomic E-state index is 0.0915. The average Bonchev–Trinajstić information content (AvgIpc) is 2.68. The zero-order chi connectivity index (χ0) is 20.0. The number of nitrogens with zero attached hydrogens (tertiary/aromatic N) is 3. The second-order valence-electron chi connectivity index (χ2n) is 7.11. The molecule has 0 aliphatic carbocycles. The van der Waals surface area contributed by atoms with Crippen molar-refractivity contribution in [2.75, 3.05) is 11.9 Å². The van der Waals surface area contributed by atoms with Crippen molar-refractivity contribution >= 4 is 34.0 Å². The molecule has 0 amide bonds. The quantitative estimate of drug-likeness (QED) is 0.409. The Labute approximate surface area is 166 Å². The second kappa shape index (κ2) is 6.91. The second-order valence-corrected chi connectivity index (χ2v) is 7.47. The molecular formula is C20H19ClN4O3. The van der Waals surface area contributed by atoms with Crippen molar-refractivity contribution in [1.29, 1.82) is 0 Å². The molecule has 0 unspecified atom stereocenters. The van der Waals surface area contributed by atoms with Crippen molar-refractivity contribution in [3.05, 3.63) is 72.1 Å². The van der Waals surface area contributed by atoms with E-state index in [0.29, 0.717) is 29.4 Å². The first-order chi connectivity index (χ1) is 13.4. The summed E-state index contributed by atoms with van der Waals surface area (Å²) < 4.78 is 1.45. The highest BCUT2D eigenvalue weighted by atomic mass is 35.5. The van der Waals surface area contributed by atoms with E-state index >= 15 is 0 Å². The zero-order valence-electron chi connectivity index (χ0n) is 15.6. The van der Waals surface area contributed by atoms with Crippen LogP contribution >= 0.6 is 11.6 Å². The number of benzene rings is 1. The van der Waals surface area contributed by atoms with Crippen LogP contribution in [-0.4, -0.2) is 21.0 Å². The van der Waals surface area contributed by atoms with E-state index in [-0.39, 0.29) is 23.5 Å². The lowest BCUT2D eigenvalue weighted by Gasteiger charge is -2.20. The monoisotopic (exact) mass is 398 g/mol. The van der Waals surface area contributed by atoms with E-state index in [1.807, 2.05) is 32.0 Å². The number of pyridine rings is 2. The lowest BCUT2D eigenvalue weighted by atomic mass is 10.0. The molecule has 1 N–H and O–H groups in total. The van der Waals surface area contributed by atoms with Crippen molar-refractivity contribution in [2.45, 2.75) is 33.2 Å². The van der Waals surface area contributed by atoms with Crippen molar-refractivity contribution < 1.29 is 4.92 Å². The van der Waals surface area contributed by atoms with Crippen LogP contribution in [0.5, 0.6) is 0 Å². The van der Waals surface area contributed by atoms with Gasteiger partial charge < -0.3 is 5.32 Å². The van der Waals surface area contributed by atoms with Gasteiger partial charge in [-0.3, -0.25) is 19.5 Å². The van der Waals surface area contributed by atoms with E-state index in [2.05, 4.69) is 10.3 Å². The van der Waals surface area contributed by atoms with E-state index in [0.717, 1.165) is 28.5 Å². The minimum Gasteiger partial charge on any atom is -0.366 e. The van der Waals surface area contributed by atoms with Crippen molar-refractivity contribution in [3.8, 4) is 0 Å². The first-order valence-electron chi connectivity index (χ1n) is 9.07. The average molecular weight is 399 g/mol. The van der Waals surface area contributed by atoms with Crippen LogP contribution in [0, 0.1) is 24.0 Å². The number of hydrogen-bond donors (Lipinski definition) is 1. The van der Waals surface area contributed by atoms with Gasteiger partial charge in [0.25, 0.3) is 5.56 Å². The molecule has 4 rings (SSSR count). The number of hydrogen-bond acceptors (Lipinski definition) is 5. The van der Waals surface area contributed by atoms with E-state index in [9.17, 15) is 14.9 Å². The summed E-state index contributed by atoms with van der Waals surface area (Å²) >= 11 is 6.41. The molecule has 2 aromatic heterocycles. The third-order valence-electron chi connectivity index (χ3n) is 5.20. The van der Waals surface area contributed by atoms with Gasteiger partial charge in [0.1, 0.15) is 5.15 Å². The van der Waals surface area contributed by atoms with Gasteiger partial charge in [0, 0.05) is 36.5 Å². The molecule has 0 saturated heterocycles. The highest BCUT2D eigenvalue weighted by molar-refractivity contribution is 6.30. The lowest BCUT2D eigenvalue weighted by Crippen LogP contribution is -2.32. The Morgan fingerprint density at radius 3 is 2.75 bits per heavy atom. The van der Waals surface area contributed by atoms with Gasteiger partial charge in [-0.1, -0.05) is 23.7 Å². The predicted molar refractivity (Wildman–Crippen MR) is 109 cm³/mol. The number of anilines is 1. The van der Waals surface area contributed by atoms with Crippen molar-refractivity contribution in [2.24, 2.45) is 0 Å². The molecule has 0 saturated carbocycles. The van der Waals surface area contributed by atoms with Gasteiger partial charge in [0.05, 0.1) is 10.4 Å². The van der Waals surface area contributed by atoms with E-state index in [1.165, 1.54) is 10.6 Å². The SMILES string of the molecule is Cc1ccc(C)c2nc(Cl)c(Cc3cc([N+](=O)[O-])c4n(c3=O)CCCN4)cc12. The molecule has 0 radical (unpaired) electrons. The Kier molecular flexibility index (Phi) is 4.55. The van der Waals surface area contributed by atoms with Gasteiger partial charge in [-0.05, 0) is 43.0 Å². The van der Waals surface area contributed by atoms with Gasteiger partial charge >= 0.3 is 5.69 Å². The minimum atomic E-state index is -0.457. The molecule has 1 aromatic carbocycles. The van der Waals surface area contributed by atoms with Crippen LogP contribution in [0.3, 0.4) is 0 Å². The number of nitrogens with one attached hydrogen (secondary N) is 1. The van der Waals surface area contributed by atoms with Crippen molar-refractivity contribution in [1.82, 2.24) is 9.55 Å². The van der Waals surface area contributed by atoms with Crippen LogP contribution in [0.15, 0.2) is 29.1 Å². The maximum Gasteiger partial charge on any atom is 0.310 e. The number of aromatic nitrogens is 2. The van der Waals surface area contributed by atoms with E-state index < -0.39 is 4.92 Å². The fourth-order valence-electron chi connectivity index (χ4n) is 3.70. The van der Waals surface area contributed by atoms with E-state index in [4.69, 9.17) is 11.6 Å². The molecule has 0 fully saturated rings. The third-order valence-corrected chi connectivity index (χ3v) is 5.53. The Hall–Kier alpha value is -2.93. The number of halogens is 1. The summed E-state index contributed by atoms with van der Waals surface area (Å²) in [5, 5.41) is 15.8. The molecule has 28 heavy (non-hydrogen) atoms. The molecule has 1 aliphatic rings. The molecule has 3 aromatic rings. The van der Waals surface area contributed by atoms with Crippen LogP contribution in [0.1, 0.15) is 28.7 Å².